The van der Waals surface area contributed by atoms with Crippen LogP contribution in [0.4, 0.5) is 0 Å². The van der Waals surface area contributed by atoms with E-state index < -0.39 is 0 Å². The minimum atomic E-state index is -0.146. The van der Waals surface area contributed by atoms with Gasteiger partial charge < -0.3 is 5.73 Å². The largest absolute Gasteiger partial charge is 0.323 e. The summed E-state index contributed by atoms with van der Waals surface area (Å²) in [7, 11) is 0. The van der Waals surface area contributed by atoms with Gasteiger partial charge in [-0.1, -0.05) is 0 Å². The van der Waals surface area contributed by atoms with Crippen molar-refractivity contribution in [3.63, 3.8) is 0 Å². The van der Waals surface area contributed by atoms with E-state index in [1.165, 1.54) is 10.9 Å². The Morgan fingerprint density at radius 1 is 1.28 bits per heavy atom. The summed E-state index contributed by atoms with van der Waals surface area (Å²) in [5, 5.41) is 17.8. The van der Waals surface area contributed by atoms with E-state index in [2.05, 4.69) is 9.97 Å². The molecular formula is C12H10N6. The summed E-state index contributed by atoms with van der Waals surface area (Å²) in [5.41, 5.74) is 7.45. The van der Waals surface area contributed by atoms with Crippen LogP contribution in [-0.2, 0) is 0 Å². The minimum absolute atomic E-state index is 0.105. The van der Waals surface area contributed by atoms with Gasteiger partial charge in [-0.05, 0) is 19.1 Å². The number of hydrogen-bond donors (Lipinski definition) is 1. The van der Waals surface area contributed by atoms with Gasteiger partial charge in [-0.25, -0.2) is 4.98 Å². The number of imidazole rings is 1. The van der Waals surface area contributed by atoms with E-state index in [4.69, 9.17) is 16.3 Å². The second-order valence-electron chi connectivity index (χ2n) is 3.77. The maximum absolute atomic E-state index is 9.02. The third kappa shape index (κ3) is 1.93. The maximum atomic E-state index is 9.02. The van der Waals surface area contributed by atoms with Crippen LogP contribution in [0.15, 0.2) is 24.7 Å². The van der Waals surface area contributed by atoms with Gasteiger partial charge in [-0.2, -0.15) is 10.5 Å². The first kappa shape index (κ1) is 11.8. The van der Waals surface area contributed by atoms with Crippen molar-refractivity contribution in [3.05, 3.63) is 41.7 Å². The summed E-state index contributed by atoms with van der Waals surface area (Å²) in [6, 6.07) is 7.25. The predicted molar refractivity (Wildman–Crippen MR) is 63.4 cm³/mol. The van der Waals surface area contributed by atoms with Gasteiger partial charge in [0.25, 0.3) is 0 Å². The minimum Gasteiger partial charge on any atom is -0.323 e. The molecule has 0 saturated heterocycles. The second-order valence-corrected chi connectivity index (χ2v) is 3.77. The maximum Gasteiger partial charge on any atom is 0.177 e. The lowest BCUT2D eigenvalue weighted by molar-refractivity contribution is 0.779. The van der Waals surface area contributed by atoms with Crippen molar-refractivity contribution in [1.82, 2.24) is 14.5 Å². The van der Waals surface area contributed by atoms with Gasteiger partial charge in [0.1, 0.15) is 18.5 Å². The van der Waals surface area contributed by atoms with Crippen LogP contribution in [0.5, 0.6) is 0 Å². The Kier molecular flexibility index (Phi) is 3.05. The number of hydrogen-bond acceptors (Lipinski definition) is 5. The van der Waals surface area contributed by atoms with Crippen molar-refractivity contribution in [1.29, 1.82) is 10.5 Å². The van der Waals surface area contributed by atoms with Gasteiger partial charge in [-0.3, -0.25) is 9.55 Å². The molecule has 18 heavy (non-hydrogen) atoms. The lowest BCUT2D eigenvalue weighted by atomic mass is 10.2. The first-order valence-corrected chi connectivity index (χ1v) is 5.26. The van der Waals surface area contributed by atoms with Gasteiger partial charge in [-0.15, -0.1) is 0 Å². The summed E-state index contributed by atoms with van der Waals surface area (Å²) in [4.78, 5) is 8.07. The molecule has 0 amide bonds. The first-order chi connectivity index (χ1) is 8.67. The Labute approximate surface area is 104 Å². The molecule has 0 bridgehead atoms. The number of pyridine rings is 1. The lowest BCUT2D eigenvalue weighted by Crippen LogP contribution is -2.07. The fraction of sp³-hybridized carbons (Fsp3) is 0.167. The highest BCUT2D eigenvalue weighted by atomic mass is 15.1. The smallest absolute Gasteiger partial charge is 0.177 e. The lowest BCUT2D eigenvalue weighted by Gasteiger charge is -2.07. The van der Waals surface area contributed by atoms with E-state index in [0.29, 0.717) is 5.69 Å². The van der Waals surface area contributed by atoms with Gasteiger partial charge in [0, 0.05) is 6.04 Å². The highest BCUT2D eigenvalue weighted by Crippen LogP contribution is 2.14. The van der Waals surface area contributed by atoms with Crippen molar-refractivity contribution in [2.45, 2.75) is 13.0 Å². The number of aromatic nitrogens is 3. The molecule has 1 atom stereocenters. The standard InChI is InChI=1S/C12H10N6/c1-8(15)10-3-2-9(6-16-10)18-7-17-11(4-13)12(18)5-14/h2-3,6-8H,15H2,1H3. The number of nitriles is 2. The molecule has 2 rings (SSSR count). The Bertz CT molecular complexity index is 639. The molecule has 0 aliphatic heterocycles. The molecule has 0 fully saturated rings. The molecule has 0 aromatic carbocycles. The van der Waals surface area contributed by atoms with E-state index in [0.717, 1.165) is 5.69 Å². The molecule has 2 heterocycles. The molecule has 0 aliphatic carbocycles. The van der Waals surface area contributed by atoms with Crippen molar-refractivity contribution < 1.29 is 0 Å². The molecule has 0 spiro atoms. The molecule has 0 saturated carbocycles. The molecule has 0 aliphatic rings. The van der Waals surface area contributed by atoms with Gasteiger partial charge >= 0.3 is 0 Å². The van der Waals surface area contributed by atoms with Crippen LogP contribution in [0.1, 0.15) is 30.0 Å². The van der Waals surface area contributed by atoms with Crippen LogP contribution < -0.4 is 5.73 Å². The van der Waals surface area contributed by atoms with E-state index in [9.17, 15) is 0 Å². The van der Waals surface area contributed by atoms with Crippen LogP contribution in [0.2, 0.25) is 0 Å². The molecule has 2 N–H and O–H groups in total. The summed E-state index contributed by atoms with van der Waals surface area (Å²) >= 11 is 0. The third-order valence-corrected chi connectivity index (χ3v) is 2.49. The van der Waals surface area contributed by atoms with E-state index in [1.54, 1.807) is 18.3 Å². The molecule has 2 aromatic heterocycles. The molecule has 6 nitrogen and oxygen atoms in total. The van der Waals surface area contributed by atoms with Crippen LogP contribution in [0, 0.1) is 22.7 Å². The van der Waals surface area contributed by atoms with Crippen LogP contribution in [0.3, 0.4) is 0 Å². The SMILES string of the molecule is CC(N)c1ccc(-n2cnc(C#N)c2C#N)cn1. The first-order valence-electron chi connectivity index (χ1n) is 5.26. The average molecular weight is 238 g/mol. The predicted octanol–water partition coefficient (Wildman–Crippen LogP) is 1.03. The highest BCUT2D eigenvalue weighted by Gasteiger charge is 2.11. The summed E-state index contributed by atoms with van der Waals surface area (Å²) in [6.45, 7) is 1.84. The Balaban J connectivity index is 2.47. The average Bonchev–Trinajstić information content (AvgIpc) is 2.81. The molecule has 1 unspecified atom stereocenters. The summed E-state index contributed by atoms with van der Waals surface area (Å²) < 4.78 is 1.52. The Morgan fingerprint density at radius 3 is 2.56 bits per heavy atom. The van der Waals surface area contributed by atoms with Crippen LogP contribution in [-0.4, -0.2) is 14.5 Å². The van der Waals surface area contributed by atoms with Crippen molar-refractivity contribution >= 4 is 0 Å². The van der Waals surface area contributed by atoms with Crippen molar-refractivity contribution in [2.24, 2.45) is 5.73 Å². The molecule has 2 aromatic rings. The molecule has 6 heteroatoms. The number of nitrogens with zero attached hydrogens (tertiary/aromatic N) is 5. The zero-order valence-corrected chi connectivity index (χ0v) is 9.70. The van der Waals surface area contributed by atoms with Gasteiger partial charge in [0.2, 0.25) is 0 Å². The zero-order valence-electron chi connectivity index (χ0n) is 9.70. The van der Waals surface area contributed by atoms with Gasteiger partial charge in [0.05, 0.1) is 17.6 Å². The van der Waals surface area contributed by atoms with Gasteiger partial charge in [0.15, 0.2) is 11.4 Å². The monoisotopic (exact) mass is 238 g/mol. The summed E-state index contributed by atoms with van der Waals surface area (Å²) in [6.07, 6.45) is 3.03. The normalized spacial score (nSPS) is 11.6. The van der Waals surface area contributed by atoms with E-state index >= 15 is 0 Å². The second kappa shape index (κ2) is 4.66. The Hall–Kier alpha value is -2.70. The number of nitrogens with two attached hydrogens (primary N) is 1. The fourth-order valence-corrected chi connectivity index (χ4v) is 1.54. The quantitative estimate of drug-likeness (QED) is 0.841. The molecular weight excluding hydrogens is 228 g/mol. The van der Waals surface area contributed by atoms with E-state index in [1.807, 2.05) is 19.1 Å². The Morgan fingerprint density at radius 2 is 2.06 bits per heavy atom. The number of rotatable bonds is 2. The molecule has 88 valence electrons. The highest BCUT2D eigenvalue weighted by molar-refractivity contribution is 5.43. The van der Waals surface area contributed by atoms with Crippen LogP contribution >= 0.6 is 0 Å². The molecule has 0 radical (unpaired) electrons. The fourth-order valence-electron chi connectivity index (χ4n) is 1.54. The zero-order chi connectivity index (χ0) is 13.1. The topological polar surface area (TPSA) is 104 Å². The third-order valence-electron chi connectivity index (χ3n) is 2.49. The van der Waals surface area contributed by atoms with Crippen LogP contribution in [0.25, 0.3) is 5.69 Å². The van der Waals surface area contributed by atoms with Crippen molar-refractivity contribution in [3.8, 4) is 17.8 Å². The van der Waals surface area contributed by atoms with Crippen molar-refractivity contribution in [2.75, 3.05) is 0 Å². The summed E-state index contributed by atoms with van der Waals surface area (Å²) in [5.74, 6) is 0. The van der Waals surface area contributed by atoms with E-state index in [-0.39, 0.29) is 17.4 Å².